The van der Waals surface area contributed by atoms with E-state index in [0.717, 1.165) is 17.7 Å². The molecule has 0 heterocycles. The molecule has 0 saturated carbocycles. The van der Waals surface area contributed by atoms with Crippen LogP contribution in [0.3, 0.4) is 0 Å². The molecule has 0 radical (unpaired) electrons. The van der Waals surface area contributed by atoms with Crippen LogP contribution in [0.15, 0.2) is 42.5 Å². The minimum atomic E-state index is -0.728. The Labute approximate surface area is 139 Å². The van der Waals surface area contributed by atoms with Crippen molar-refractivity contribution < 1.29 is 33.4 Å². The van der Waals surface area contributed by atoms with E-state index in [0.29, 0.717) is 0 Å². The summed E-state index contributed by atoms with van der Waals surface area (Å²) in [7, 11) is 1.18. The first-order chi connectivity index (χ1) is 11.5. The molecule has 0 unspecified atom stereocenters. The Bertz CT molecular complexity index is 605. The molecule has 1 aromatic rings. The molecule has 0 atom stereocenters. The fourth-order valence-corrected chi connectivity index (χ4v) is 1.62. The van der Waals surface area contributed by atoms with Crippen molar-refractivity contribution in [1.29, 1.82) is 0 Å². The molecular weight excluding hydrogens is 316 g/mol. The SMILES string of the molecule is COC(=O)/C=C\C(=O)OCCCC(=O)OC(=O)Cc1ccccc1. The average Bonchev–Trinajstić information content (AvgIpc) is 2.57. The monoisotopic (exact) mass is 334 g/mol. The summed E-state index contributed by atoms with van der Waals surface area (Å²) in [6.45, 7) is -0.0354. The highest BCUT2D eigenvalue weighted by Crippen LogP contribution is 2.02. The number of rotatable bonds is 8. The Morgan fingerprint density at radius 3 is 2.29 bits per heavy atom. The molecule has 0 aliphatic rings. The molecule has 7 heteroatoms. The van der Waals surface area contributed by atoms with Crippen LogP contribution >= 0.6 is 0 Å². The smallest absolute Gasteiger partial charge is 0.331 e. The van der Waals surface area contributed by atoms with E-state index in [1.54, 1.807) is 24.3 Å². The first-order valence-corrected chi connectivity index (χ1v) is 7.21. The van der Waals surface area contributed by atoms with Gasteiger partial charge in [-0.1, -0.05) is 30.3 Å². The summed E-state index contributed by atoms with van der Waals surface area (Å²) in [5.74, 6) is -2.72. The van der Waals surface area contributed by atoms with Crippen molar-refractivity contribution >= 4 is 23.9 Å². The van der Waals surface area contributed by atoms with Crippen molar-refractivity contribution in [3.63, 3.8) is 0 Å². The Morgan fingerprint density at radius 2 is 1.62 bits per heavy atom. The maximum atomic E-state index is 11.6. The minimum Gasteiger partial charge on any atom is -0.466 e. The van der Waals surface area contributed by atoms with Gasteiger partial charge in [0.25, 0.3) is 0 Å². The van der Waals surface area contributed by atoms with Crippen molar-refractivity contribution in [2.45, 2.75) is 19.3 Å². The molecule has 0 fully saturated rings. The molecule has 128 valence electrons. The lowest BCUT2D eigenvalue weighted by molar-refractivity contribution is -0.159. The molecule has 1 rings (SSSR count). The molecule has 0 bridgehead atoms. The Morgan fingerprint density at radius 1 is 0.958 bits per heavy atom. The highest BCUT2D eigenvalue weighted by Gasteiger charge is 2.11. The maximum Gasteiger partial charge on any atom is 0.331 e. The topological polar surface area (TPSA) is 96.0 Å². The summed E-state index contributed by atoms with van der Waals surface area (Å²) in [5, 5.41) is 0. The van der Waals surface area contributed by atoms with Gasteiger partial charge in [0.1, 0.15) is 0 Å². The van der Waals surface area contributed by atoms with Crippen LogP contribution in [0.1, 0.15) is 18.4 Å². The molecule has 1 aromatic carbocycles. The Balaban J connectivity index is 2.17. The predicted molar refractivity (Wildman–Crippen MR) is 82.6 cm³/mol. The van der Waals surface area contributed by atoms with Crippen LogP contribution in [-0.4, -0.2) is 37.6 Å². The number of carbonyl (C=O) groups is 4. The molecular formula is C17H18O7. The lowest BCUT2D eigenvalue weighted by Gasteiger charge is -2.04. The second-order valence-electron chi connectivity index (χ2n) is 4.64. The fourth-order valence-electron chi connectivity index (χ4n) is 1.62. The quantitative estimate of drug-likeness (QED) is 0.233. The summed E-state index contributed by atoms with van der Waals surface area (Å²) in [6.07, 6.45) is 2.01. The molecule has 24 heavy (non-hydrogen) atoms. The molecule has 7 nitrogen and oxygen atoms in total. The summed E-state index contributed by atoms with van der Waals surface area (Å²) >= 11 is 0. The van der Waals surface area contributed by atoms with Crippen molar-refractivity contribution in [2.75, 3.05) is 13.7 Å². The lowest BCUT2D eigenvalue weighted by Crippen LogP contribution is -2.15. The Hall–Kier alpha value is -2.96. The van der Waals surface area contributed by atoms with E-state index in [2.05, 4.69) is 9.47 Å². The van der Waals surface area contributed by atoms with Crippen LogP contribution in [0, 0.1) is 0 Å². The molecule has 0 spiro atoms. The van der Waals surface area contributed by atoms with E-state index >= 15 is 0 Å². The minimum absolute atomic E-state index is 0.0138. The van der Waals surface area contributed by atoms with Gasteiger partial charge < -0.3 is 14.2 Å². The first-order valence-electron chi connectivity index (χ1n) is 7.21. The third kappa shape index (κ3) is 8.47. The van der Waals surface area contributed by atoms with Gasteiger partial charge in [-0.15, -0.1) is 0 Å². The standard InChI is InChI=1S/C17H18O7/c1-22-14(18)9-10-15(19)23-11-5-8-16(20)24-17(21)12-13-6-3-2-4-7-13/h2-4,6-7,9-10H,5,8,11-12H2,1H3/b10-9-. The first kappa shape index (κ1) is 19.1. The van der Waals surface area contributed by atoms with Gasteiger partial charge in [0.05, 0.1) is 20.1 Å². The van der Waals surface area contributed by atoms with E-state index in [9.17, 15) is 19.2 Å². The van der Waals surface area contributed by atoms with E-state index in [1.165, 1.54) is 7.11 Å². The van der Waals surface area contributed by atoms with Crippen molar-refractivity contribution in [3.8, 4) is 0 Å². The number of carbonyl (C=O) groups excluding carboxylic acids is 4. The van der Waals surface area contributed by atoms with Gasteiger partial charge in [0.15, 0.2) is 0 Å². The van der Waals surface area contributed by atoms with E-state index < -0.39 is 23.9 Å². The molecule has 0 N–H and O–H groups in total. The van der Waals surface area contributed by atoms with Gasteiger partial charge in [-0.2, -0.15) is 0 Å². The lowest BCUT2D eigenvalue weighted by atomic mass is 10.2. The van der Waals surface area contributed by atoms with Crippen LogP contribution in [0.25, 0.3) is 0 Å². The summed E-state index contributed by atoms with van der Waals surface area (Å²) in [6, 6.07) is 8.91. The van der Waals surface area contributed by atoms with E-state index in [4.69, 9.17) is 4.74 Å². The van der Waals surface area contributed by atoms with Crippen molar-refractivity contribution in [2.24, 2.45) is 0 Å². The van der Waals surface area contributed by atoms with E-state index in [1.807, 2.05) is 6.07 Å². The van der Waals surface area contributed by atoms with Gasteiger partial charge in [-0.05, 0) is 12.0 Å². The highest BCUT2D eigenvalue weighted by molar-refractivity contribution is 5.91. The zero-order valence-corrected chi connectivity index (χ0v) is 13.2. The highest BCUT2D eigenvalue weighted by atomic mass is 16.6. The van der Waals surface area contributed by atoms with Crippen LogP contribution in [0.2, 0.25) is 0 Å². The number of esters is 4. The third-order valence-electron chi connectivity index (χ3n) is 2.75. The predicted octanol–water partition coefficient (Wildman–Crippen LogP) is 1.35. The summed E-state index contributed by atoms with van der Waals surface area (Å²) in [4.78, 5) is 45.0. The van der Waals surface area contributed by atoms with Crippen molar-refractivity contribution in [3.05, 3.63) is 48.0 Å². The largest absolute Gasteiger partial charge is 0.466 e. The number of benzene rings is 1. The number of hydrogen-bond donors (Lipinski definition) is 0. The molecule has 0 aliphatic carbocycles. The van der Waals surface area contributed by atoms with Gasteiger partial charge >= 0.3 is 23.9 Å². The van der Waals surface area contributed by atoms with Crippen LogP contribution in [-0.2, 0) is 39.8 Å². The second-order valence-corrected chi connectivity index (χ2v) is 4.64. The number of methoxy groups -OCH3 is 1. The zero-order valence-electron chi connectivity index (χ0n) is 13.2. The summed E-state index contributed by atoms with van der Waals surface area (Å²) in [5.41, 5.74) is 0.752. The molecule has 0 aromatic heterocycles. The maximum absolute atomic E-state index is 11.6. The van der Waals surface area contributed by atoms with Gasteiger partial charge in [-0.3, -0.25) is 9.59 Å². The Kier molecular flexibility index (Phi) is 8.52. The van der Waals surface area contributed by atoms with Crippen LogP contribution < -0.4 is 0 Å². The average molecular weight is 334 g/mol. The van der Waals surface area contributed by atoms with Crippen molar-refractivity contribution in [1.82, 2.24) is 0 Å². The zero-order chi connectivity index (χ0) is 17.8. The van der Waals surface area contributed by atoms with Gasteiger partial charge in [0, 0.05) is 18.6 Å². The third-order valence-corrected chi connectivity index (χ3v) is 2.75. The summed E-state index contributed by atoms with van der Waals surface area (Å²) < 4.78 is 13.7. The van der Waals surface area contributed by atoms with Gasteiger partial charge in [0.2, 0.25) is 0 Å². The number of hydrogen-bond acceptors (Lipinski definition) is 7. The molecule has 0 amide bonds. The van der Waals surface area contributed by atoms with Crippen LogP contribution in [0.4, 0.5) is 0 Å². The normalized spacial score (nSPS) is 10.2. The van der Waals surface area contributed by atoms with E-state index in [-0.39, 0.29) is 25.9 Å². The number of ether oxygens (including phenoxy) is 3. The second kappa shape index (κ2) is 10.7. The van der Waals surface area contributed by atoms with Gasteiger partial charge in [-0.25, -0.2) is 9.59 Å². The molecule has 0 saturated heterocycles. The molecule has 0 aliphatic heterocycles. The van der Waals surface area contributed by atoms with Crippen LogP contribution in [0.5, 0.6) is 0 Å². The fraction of sp³-hybridized carbons (Fsp3) is 0.294.